The maximum atomic E-state index is 6.98. The van der Waals surface area contributed by atoms with Crippen molar-refractivity contribution in [3.8, 4) is 22.3 Å². The molecule has 8 nitrogen and oxygen atoms in total. The molecule has 0 amide bonds. The second-order valence-electron chi connectivity index (χ2n) is 23.8. The molecule has 21 rings (SSSR count). The van der Waals surface area contributed by atoms with Gasteiger partial charge in [0.2, 0.25) is 0 Å². The molecule has 90 heavy (non-hydrogen) atoms. The molecule has 0 saturated carbocycles. The molecule has 21 aromatic rings. The molecule has 0 aliphatic heterocycles. The highest BCUT2D eigenvalue weighted by Crippen LogP contribution is 2.56. The van der Waals surface area contributed by atoms with Gasteiger partial charge in [-0.3, -0.25) is 0 Å². The minimum Gasteiger partial charge on any atom is -0.464 e. The molecule has 8 heteroatoms. The van der Waals surface area contributed by atoms with Gasteiger partial charge in [-0.1, -0.05) is 170 Å². The standard InChI is InChI=1S/C82H46N4O4/c1-3-17-47(18-4-1)73-63(37-33-49-41-43-87-79(49)73)83(67-29-15-25-55-51-21-9-13-31-71(51)89-81(55)67)65-39-35-53-59-45-70-60(46-69(59)85-61-27-11-7-23-57(61)75(65)77(53)85)54-36-40-66(76-58-24-8-12-28-62(58)86(70)78(54)76)84(68-30-16-26-56-52-22-10-14-32-72(52)90-82(56)68)64-38-34-50-42-44-88-80(50)74(64)48-19-5-2-6-20-48/h1-46H. The molecule has 0 aliphatic rings. The van der Waals surface area contributed by atoms with Crippen LogP contribution in [0.15, 0.2) is 297 Å². The number of nitrogens with zero attached hydrogens (tertiary/aromatic N) is 4. The molecule has 8 heterocycles. The van der Waals surface area contributed by atoms with Crippen molar-refractivity contribution in [2.24, 2.45) is 0 Å². The van der Waals surface area contributed by atoms with E-state index in [9.17, 15) is 0 Å². The largest absolute Gasteiger partial charge is 0.464 e. The van der Waals surface area contributed by atoms with Crippen LogP contribution in [0.1, 0.15) is 0 Å². The van der Waals surface area contributed by atoms with Crippen molar-refractivity contribution >= 4 is 176 Å². The lowest BCUT2D eigenvalue weighted by molar-refractivity contribution is 0.616. The maximum Gasteiger partial charge on any atom is 0.159 e. The van der Waals surface area contributed by atoms with E-state index in [1.165, 1.54) is 21.5 Å². The first kappa shape index (κ1) is 47.9. The summed E-state index contributed by atoms with van der Waals surface area (Å²) in [6.45, 7) is 0. The minimum absolute atomic E-state index is 0.810. The monoisotopic (exact) mass is 1150 g/mol. The Kier molecular flexibility index (Phi) is 9.42. The summed E-state index contributed by atoms with van der Waals surface area (Å²) in [4.78, 5) is 4.86. The number of hydrogen-bond acceptors (Lipinski definition) is 6. The lowest BCUT2D eigenvalue weighted by atomic mass is 9.98. The summed E-state index contributed by atoms with van der Waals surface area (Å²) in [5.74, 6) is 0. The van der Waals surface area contributed by atoms with E-state index < -0.39 is 0 Å². The zero-order valence-corrected chi connectivity index (χ0v) is 48.0. The Morgan fingerprint density at radius 2 is 0.656 bits per heavy atom. The summed E-state index contributed by atoms with van der Waals surface area (Å²) in [5, 5.41) is 15.6. The van der Waals surface area contributed by atoms with Crippen LogP contribution < -0.4 is 9.80 Å². The highest BCUT2D eigenvalue weighted by atomic mass is 16.3. The van der Waals surface area contributed by atoms with Crippen LogP contribution in [-0.2, 0) is 0 Å². The quantitative estimate of drug-likeness (QED) is 0.151. The molecule has 0 aliphatic carbocycles. The molecule has 0 fully saturated rings. The van der Waals surface area contributed by atoms with Crippen molar-refractivity contribution in [3.05, 3.63) is 279 Å². The molecule has 0 bridgehead atoms. The Morgan fingerprint density at radius 3 is 1.12 bits per heavy atom. The van der Waals surface area contributed by atoms with Gasteiger partial charge in [-0.2, -0.15) is 0 Å². The van der Waals surface area contributed by atoms with Crippen LogP contribution in [-0.4, -0.2) is 8.80 Å². The fraction of sp³-hybridized carbons (Fsp3) is 0. The number of para-hydroxylation sites is 6. The van der Waals surface area contributed by atoms with Gasteiger partial charge in [0.05, 0.1) is 79.8 Å². The van der Waals surface area contributed by atoms with E-state index in [1.807, 2.05) is 12.1 Å². The predicted octanol–water partition coefficient (Wildman–Crippen LogP) is 23.6. The third kappa shape index (κ3) is 6.27. The average Bonchev–Trinajstić information content (AvgIpc) is 1.53. The summed E-state index contributed by atoms with van der Waals surface area (Å²) in [6, 6.07) is 96.1. The zero-order chi connectivity index (χ0) is 58.4. The fourth-order valence-corrected chi connectivity index (χ4v) is 15.6. The maximum absolute atomic E-state index is 6.98. The second-order valence-corrected chi connectivity index (χ2v) is 23.8. The molecule has 13 aromatic carbocycles. The summed E-state index contributed by atoms with van der Waals surface area (Å²) in [7, 11) is 0. The van der Waals surface area contributed by atoms with E-state index >= 15 is 0 Å². The van der Waals surface area contributed by atoms with Gasteiger partial charge in [0.25, 0.3) is 0 Å². The number of anilines is 6. The van der Waals surface area contributed by atoms with Gasteiger partial charge in [-0.05, 0) is 108 Å². The molecule has 0 spiro atoms. The molecular formula is C82H46N4O4. The van der Waals surface area contributed by atoms with Crippen LogP contribution in [0, 0.1) is 0 Å². The Morgan fingerprint density at radius 1 is 0.256 bits per heavy atom. The van der Waals surface area contributed by atoms with Crippen molar-refractivity contribution in [1.29, 1.82) is 0 Å². The lowest BCUT2D eigenvalue weighted by Crippen LogP contribution is -2.12. The molecule has 0 N–H and O–H groups in total. The van der Waals surface area contributed by atoms with Gasteiger partial charge in [-0.15, -0.1) is 0 Å². The summed E-state index contributed by atoms with van der Waals surface area (Å²) >= 11 is 0. The van der Waals surface area contributed by atoms with Gasteiger partial charge in [-0.25, -0.2) is 0 Å². The topological polar surface area (TPSA) is 67.9 Å². The van der Waals surface area contributed by atoms with Gasteiger partial charge in [0.1, 0.15) is 22.3 Å². The Bertz CT molecular complexity index is 6160. The number of furan rings is 4. The Balaban J connectivity index is 0.853. The first-order valence-electron chi connectivity index (χ1n) is 30.5. The van der Waals surface area contributed by atoms with Crippen molar-refractivity contribution in [2.45, 2.75) is 0 Å². The summed E-state index contributed by atoms with van der Waals surface area (Å²) in [5.41, 5.74) is 21.8. The minimum atomic E-state index is 0.810. The van der Waals surface area contributed by atoms with Crippen molar-refractivity contribution in [1.82, 2.24) is 8.80 Å². The number of rotatable bonds is 8. The van der Waals surface area contributed by atoms with Gasteiger partial charge in [0.15, 0.2) is 11.2 Å². The SMILES string of the molecule is c1ccc(-c2c(N(c3cccc4c3oc3ccccc34)c3ccc4c5cc6c(cc5n5c7ccccc7c3c45)c3ccc(N(c4ccc5ccoc5c4-c4ccccc4)c4cccc5c4oc4ccccc45)c4c5ccccc5n6c34)ccc3ccoc23)cc1. The third-order valence-corrected chi connectivity index (χ3v) is 19.3. The average molecular weight is 1150 g/mol. The van der Waals surface area contributed by atoms with Crippen molar-refractivity contribution < 1.29 is 17.7 Å². The van der Waals surface area contributed by atoms with E-state index in [1.54, 1.807) is 12.5 Å². The van der Waals surface area contributed by atoms with Crippen LogP contribution in [0.2, 0.25) is 0 Å². The molecule has 0 unspecified atom stereocenters. The zero-order valence-electron chi connectivity index (χ0n) is 48.0. The Labute approximate surface area is 511 Å². The first-order valence-corrected chi connectivity index (χ1v) is 30.5. The second kappa shape index (κ2) is 17.7. The highest BCUT2D eigenvalue weighted by Gasteiger charge is 2.32. The van der Waals surface area contributed by atoms with Crippen molar-refractivity contribution in [3.63, 3.8) is 0 Å². The normalized spacial score (nSPS) is 12.4. The number of fused-ring (bicyclic) bond motifs is 20. The van der Waals surface area contributed by atoms with Crippen LogP contribution in [0.25, 0.3) is 164 Å². The number of hydrogen-bond donors (Lipinski definition) is 0. The third-order valence-electron chi connectivity index (χ3n) is 19.3. The van der Waals surface area contributed by atoms with Crippen LogP contribution in [0.3, 0.4) is 0 Å². The molecule has 8 aromatic heterocycles. The fourth-order valence-electron chi connectivity index (χ4n) is 15.6. The van der Waals surface area contributed by atoms with Gasteiger partial charge >= 0.3 is 0 Å². The van der Waals surface area contributed by atoms with Gasteiger partial charge in [0, 0.05) is 86.5 Å². The molecule has 0 saturated heterocycles. The van der Waals surface area contributed by atoms with E-state index in [4.69, 9.17) is 17.7 Å². The number of benzene rings is 13. The van der Waals surface area contributed by atoms with E-state index in [0.717, 1.165) is 177 Å². The van der Waals surface area contributed by atoms with Crippen LogP contribution in [0.5, 0.6) is 0 Å². The predicted molar refractivity (Wildman–Crippen MR) is 370 cm³/mol. The van der Waals surface area contributed by atoms with Crippen LogP contribution in [0.4, 0.5) is 34.1 Å². The molecular weight excluding hydrogens is 1100 g/mol. The molecule has 0 atom stereocenters. The first-order chi connectivity index (χ1) is 44.7. The van der Waals surface area contributed by atoms with E-state index in [2.05, 4.69) is 273 Å². The Hall–Kier alpha value is -12.3. The molecule has 0 radical (unpaired) electrons. The van der Waals surface area contributed by atoms with E-state index in [-0.39, 0.29) is 0 Å². The summed E-state index contributed by atoms with van der Waals surface area (Å²) < 4.78 is 32.0. The van der Waals surface area contributed by atoms with E-state index in [0.29, 0.717) is 0 Å². The number of aromatic nitrogens is 2. The van der Waals surface area contributed by atoms with Crippen molar-refractivity contribution in [2.75, 3.05) is 9.80 Å². The highest BCUT2D eigenvalue weighted by molar-refractivity contribution is 6.33. The summed E-state index contributed by atoms with van der Waals surface area (Å²) in [6.07, 6.45) is 3.59. The smallest absolute Gasteiger partial charge is 0.159 e. The molecule has 418 valence electrons. The lowest BCUT2D eigenvalue weighted by Gasteiger charge is -2.29. The van der Waals surface area contributed by atoms with Crippen LogP contribution >= 0.6 is 0 Å². The van der Waals surface area contributed by atoms with Gasteiger partial charge < -0.3 is 36.3 Å².